The first-order chi connectivity index (χ1) is 21.9. The van der Waals surface area contributed by atoms with Gasteiger partial charge in [0, 0.05) is 38.9 Å². The van der Waals surface area contributed by atoms with Crippen LogP contribution in [0.25, 0.3) is 70.6 Å². The van der Waals surface area contributed by atoms with E-state index in [0.29, 0.717) is 0 Å². The van der Waals surface area contributed by atoms with Crippen molar-refractivity contribution in [1.82, 2.24) is 4.57 Å². The average Bonchev–Trinajstić information content (AvgIpc) is 3.44. The van der Waals surface area contributed by atoms with Gasteiger partial charge in [0.15, 0.2) is 0 Å². The number of para-hydroxylation sites is 2. The molecule has 0 bridgehead atoms. The number of hydrogen-bond donors (Lipinski definition) is 0. The Morgan fingerprint density at radius 2 is 0.773 bits per heavy atom. The Morgan fingerprint density at radius 1 is 0.295 bits per heavy atom. The fraction of sp³-hybridized carbons (Fsp3) is 0. The van der Waals surface area contributed by atoms with Crippen LogP contribution in [0.4, 0.5) is 17.1 Å². The van der Waals surface area contributed by atoms with Crippen molar-refractivity contribution in [3.8, 4) is 5.69 Å². The highest BCUT2D eigenvalue weighted by atomic mass is 15.1. The third-order valence-corrected chi connectivity index (χ3v) is 9.46. The Labute approximate surface area is 254 Å². The molecule has 2 heteroatoms. The highest BCUT2D eigenvalue weighted by Crippen LogP contribution is 2.49. The fourth-order valence-corrected chi connectivity index (χ4v) is 7.71. The highest BCUT2D eigenvalue weighted by molar-refractivity contribution is 6.44. The van der Waals surface area contributed by atoms with Crippen LogP contribution < -0.4 is 4.90 Å². The third kappa shape index (κ3) is 3.09. The number of hydrogen-bond acceptors (Lipinski definition) is 1. The van der Waals surface area contributed by atoms with Crippen molar-refractivity contribution in [1.29, 1.82) is 0 Å². The van der Waals surface area contributed by atoms with Gasteiger partial charge in [-0.2, -0.15) is 0 Å². The van der Waals surface area contributed by atoms with Crippen LogP contribution in [-0.4, -0.2) is 4.57 Å². The van der Waals surface area contributed by atoms with Crippen LogP contribution >= 0.6 is 0 Å². The molecule has 1 heterocycles. The number of nitrogens with zero attached hydrogens (tertiary/aromatic N) is 2. The van der Waals surface area contributed by atoms with E-state index in [4.69, 9.17) is 0 Å². The molecule has 0 aliphatic rings. The molecule has 0 fully saturated rings. The molecule has 0 atom stereocenters. The molecule has 0 amide bonds. The number of rotatable bonds is 4. The van der Waals surface area contributed by atoms with Gasteiger partial charge in [-0.1, -0.05) is 97.1 Å². The van der Waals surface area contributed by atoms with Crippen LogP contribution in [0.1, 0.15) is 0 Å². The highest BCUT2D eigenvalue weighted by Gasteiger charge is 2.23. The summed E-state index contributed by atoms with van der Waals surface area (Å²) < 4.78 is 2.46. The number of aromatic nitrogens is 1. The summed E-state index contributed by atoms with van der Waals surface area (Å²) in [4.78, 5) is 2.31. The van der Waals surface area contributed by atoms with Gasteiger partial charge in [-0.3, -0.25) is 0 Å². The molecule has 0 N–H and O–H groups in total. The first kappa shape index (κ1) is 23.7. The molecule has 44 heavy (non-hydrogen) atoms. The van der Waals surface area contributed by atoms with Crippen LogP contribution in [0.3, 0.4) is 0 Å². The predicted octanol–water partition coefficient (Wildman–Crippen LogP) is 11.7. The lowest BCUT2D eigenvalue weighted by Crippen LogP contribution is -2.09. The third-order valence-electron chi connectivity index (χ3n) is 9.46. The molecule has 0 saturated heterocycles. The summed E-state index contributed by atoms with van der Waals surface area (Å²) in [6.07, 6.45) is 0. The second kappa shape index (κ2) is 8.82. The van der Waals surface area contributed by atoms with Crippen molar-refractivity contribution in [2.45, 2.75) is 0 Å². The van der Waals surface area contributed by atoms with E-state index in [1.165, 1.54) is 64.9 Å². The quantitative estimate of drug-likeness (QED) is 0.154. The van der Waals surface area contributed by atoms with E-state index >= 15 is 0 Å². The lowest BCUT2D eigenvalue weighted by Gasteiger charge is -2.25. The normalized spacial score (nSPS) is 12.1. The molecule has 0 aliphatic carbocycles. The van der Waals surface area contributed by atoms with Gasteiger partial charge in [-0.05, 0) is 98.4 Å². The number of benzene rings is 9. The second-order valence-electron chi connectivity index (χ2n) is 11.7. The van der Waals surface area contributed by atoms with Crippen LogP contribution in [0.5, 0.6) is 0 Å². The lowest BCUT2D eigenvalue weighted by atomic mass is 9.86. The van der Waals surface area contributed by atoms with Gasteiger partial charge < -0.3 is 9.47 Å². The average molecular weight is 559 g/mol. The van der Waals surface area contributed by atoms with Gasteiger partial charge in [0.2, 0.25) is 0 Å². The van der Waals surface area contributed by atoms with Gasteiger partial charge in [-0.25, -0.2) is 0 Å². The lowest BCUT2D eigenvalue weighted by molar-refractivity contribution is 1.17. The molecule has 0 saturated carbocycles. The molecule has 204 valence electrons. The summed E-state index contributed by atoms with van der Waals surface area (Å²) in [5.41, 5.74) is 7.06. The Bertz CT molecular complexity index is 2590. The van der Waals surface area contributed by atoms with E-state index in [2.05, 4.69) is 167 Å². The Hall–Kier alpha value is -5.86. The first-order valence-electron chi connectivity index (χ1n) is 15.2. The van der Waals surface area contributed by atoms with Crippen molar-refractivity contribution in [3.05, 3.63) is 158 Å². The maximum atomic E-state index is 2.46. The van der Waals surface area contributed by atoms with Crippen molar-refractivity contribution in [2.24, 2.45) is 0 Å². The minimum atomic E-state index is 1.13. The van der Waals surface area contributed by atoms with Crippen LogP contribution in [0.2, 0.25) is 0 Å². The Morgan fingerprint density at radius 3 is 1.43 bits per heavy atom. The zero-order valence-corrected chi connectivity index (χ0v) is 23.9. The number of fused-ring (bicyclic) bond motifs is 4. The molecule has 9 aromatic carbocycles. The van der Waals surface area contributed by atoms with E-state index in [1.54, 1.807) is 0 Å². The maximum absolute atomic E-state index is 2.46. The van der Waals surface area contributed by atoms with Crippen LogP contribution in [-0.2, 0) is 0 Å². The minimum absolute atomic E-state index is 1.13. The van der Waals surface area contributed by atoms with Gasteiger partial charge in [0.1, 0.15) is 0 Å². The summed E-state index contributed by atoms with van der Waals surface area (Å²) in [6, 6.07) is 57.4. The van der Waals surface area contributed by atoms with Gasteiger partial charge in [-0.15, -0.1) is 0 Å². The van der Waals surface area contributed by atoms with E-state index in [0.717, 1.165) is 22.7 Å². The molecule has 2 nitrogen and oxygen atoms in total. The Balaban J connectivity index is 1.26. The van der Waals surface area contributed by atoms with E-state index < -0.39 is 0 Å². The predicted molar refractivity (Wildman–Crippen MR) is 188 cm³/mol. The van der Waals surface area contributed by atoms with E-state index in [9.17, 15) is 0 Å². The Kier molecular flexibility index (Phi) is 4.75. The molecular weight excluding hydrogens is 532 g/mol. The van der Waals surface area contributed by atoms with Gasteiger partial charge in [0.25, 0.3) is 0 Å². The molecule has 0 aliphatic heterocycles. The zero-order chi connectivity index (χ0) is 28.8. The fourth-order valence-electron chi connectivity index (χ4n) is 7.71. The standard InChI is InChI=1S/C42H26N2/c1-3-11-27(12-4-1)43(28-13-5-2-6-14-28)29-21-23-30(24-22-29)44-37-20-10-19-35-34-18-9-17-33-31-15-7-8-16-32(31)36-25-26-38(44)42(40(35)37)41(36)39(33)34/h1-26H. The summed E-state index contributed by atoms with van der Waals surface area (Å²) >= 11 is 0. The van der Waals surface area contributed by atoms with E-state index in [1.807, 2.05) is 0 Å². The van der Waals surface area contributed by atoms with Gasteiger partial charge >= 0.3 is 0 Å². The summed E-state index contributed by atoms with van der Waals surface area (Å²) in [5.74, 6) is 0. The smallest absolute Gasteiger partial charge is 0.0548 e. The van der Waals surface area contributed by atoms with E-state index in [-0.39, 0.29) is 0 Å². The maximum Gasteiger partial charge on any atom is 0.0548 e. The SMILES string of the molecule is c1ccc(N(c2ccccc2)c2ccc(-n3c4cccc5c6cccc7c8ccccc8c8ccc3c(c8c76)c54)cc2)cc1. The molecule has 1 aromatic heterocycles. The number of anilines is 3. The molecular formula is C42H26N2. The monoisotopic (exact) mass is 558 g/mol. The van der Waals surface area contributed by atoms with Crippen molar-refractivity contribution >= 4 is 82.0 Å². The topological polar surface area (TPSA) is 8.17 Å². The van der Waals surface area contributed by atoms with Crippen LogP contribution in [0, 0.1) is 0 Å². The van der Waals surface area contributed by atoms with Gasteiger partial charge in [0.05, 0.1) is 11.0 Å². The van der Waals surface area contributed by atoms with Crippen LogP contribution in [0.15, 0.2) is 158 Å². The van der Waals surface area contributed by atoms with Crippen molar-refractivity contribution < 1.29 is 0 Å². The zero-order valence-electron chi connectivity index (χ0n) is 23.9. The van der Waals surface area contributed by atoms with Crippen molar-refractivity contribution in [3.63, 3.8) is 0 Å². The first-order valence-corrected chi connectivity index (χ1v) is 15.2. The largest absolute Gasteiger partial charge is 0.311 e. The minimum Gasteiger partial charge on any atom is -0.311 e. The summed E-state index contributed by atoms with van der Waals surface area (Å²) in [7, 11) is 0. The second-order valence-corrected chi connectivity index (χ2v) is 11.7. The van der Waals surface area contributed by atoms with Crippen molar-refractivity contribution in [2.75, 3.05) is 4.90 Å². The summed E-state index contributed by atoms with van der Waals surface area (Å²) in [5, 5.41) is 13.4. The molecule has 10 aromatic rings. The molecule has 10 rings (SSSR count). The summed E-state index contributed by atoms with van der Waals surface area (Å²) in [6.45, 7) is 0. The molecule has 0 unspecified atom stereocenters. The molecule has 0 spiro atoms. The molecule has 0 radical (unpaired) electrons.